The second kappa shape index (κ2) is 6.38. The van der Waals surface area contributed by atoms with Gasteiger partial charge < -0.3 is 10.6 Å². The van der Waals surface area contributed by atoms with Crippen molar-refractivity contribution >= 4 is 15.9 Å². The summed E-state index contributed by atoms with van der Waals surface area (Å²) in [6.45, 7) is 3.30. The molecule has 2 rings (SSSR count). The monoisotopic (exact) mass is 282 g/mol. The highest BCUT2D eigenvalue weighted by Gasteiger charge is 2.10. The van der Waals surface area contributed by atoms with Crippen molar-refractivity contribution < 1.29 is 0 Å². The molecule has 2 N–H and O–H groups in total. The number of hydrogen-bond donors (Lipinski definition) is 2. The number of benzene rings is 1. The van der Waals surface area contributed by atoms with Crippen molar-refractivity contribution in [1.29, 1.82) is 0 Å². The summed E-state index contributed by atoms with van der Waals surface area (Å²) in [6.07, 6.45) is 3.82. The molecule has 0 aromatic heterocycles. The summed E-state index contributed by atoms with van der Waals surface area (Å²) in [6, 6.07) is 9.19. The molecule has 1 aliphatic heterocycles. The fourth-order valence-corrected chi connectivity index (χ4v) is 2.58. The zero-order valence-corrected chi connectivity index (χ0v) is 11.1. The van der Waals surface area contributed by atoms with Crippen molar-refractivity contribution in [3.63, 3.8) is 0 Å². The minimum Gasteiger partial charge on any atom is -0.317 e. The van der Waals surface area contributed by atoms with Crippen molar-refractivity contribution in [2.75, 3.05) is 13.1 Å². The molecule has 0 radical (unpaired) electrons. The van der Waals surface area contributed by atoms with E-state index in [2.05, 4.69) is 50.8 Å². The van der Waals surface area contributed by atoms with Crippen molar-refractivity contribution in [3.05, 3.63) is 34.3 Å². The highest BCUT2D eigenvalue weighted by Crippen LogP contribution is 2.12. The Balaban J connectivity index is 1.81. The van der Waals surface area contributed by atoms with Crippen LogP contribution in [0.15, 0.2) is 28.7 Å². The molecule has 0 amide bonds. The van der Waals surface area contributed by atoms with Crippen LogP contribution in [-0.2, 0) is 6.54 Å². The van der Waals surface area contributed by atoms with Crippen LogP contribution in [0, 0.1) is 0 Å². The second-order valence-corrected chi connectivity index (χ2v) is 5.30. The molecule has 0 spiro atoms. The van der Waals surface area contributed by atoms with Crippen molar-refractivity contribution in [1.82, 2.24) is 10.6 Å². The molecule has 0 saturated carbocycles. The zero-order valence-electron chi connectivity index (χ0n) is 9.51. The molecule has 1 aliphatic rings. The lowest BCUT2D eigenvalue weighted by atomic mass is 10.1. The Hall–Kier alpha value is -0.380. The van der Waals surface area contributed by atoms with Gasteiger partial charge in [0.2, 0.25) is 0 Å². The number of nitrogens with one attached hydrogen (secondary N) is 2. The number of hydrogen-bond acceptors (Lipinski definition) is 2. The first-order chi connectivity index (χ1) is 7.84. The van der Waals surface area contributed by atoms with Crippen LogP contribution >= 0.6 is 15.9 Å². The van der Waals surface area contributed by atoms with Crippen LogP contribution in [-0.4, -0.2) is 19.1 Å². The van der Waals surface area contributed by atoms with Crippen LogP contribution in [0.4, 0.5) is 0 Å². The standard InChI is InChI=1S/C13H19BrN2/c14-12-4-1-3-11(9-12)10-16-13-5-2-7-15-8-6-13/h1,3-4,9,13,15-16H,2,5-8,10H2. The molecule has 1 aromatic rings. The minimum absolute atomic E-state index is 0.675. The highest BCUT2D eigenvalue weighted by molar-refractivity contribution is 9.10. The summed E-state index contributed by atoms with van der Waals surface area (Å²) in [5.74, 6) is 0. The minimum atomic E-state index is 0.675. The topological polar surface area (TPSA) is 24.1 Å². The molecule has 88 valence electrons. The van der Waals surface area contributed by atoms with E-state index in [-0.39, 0.29) is 0 Å². The molecule has 1 fully saturated rings. The molecule has 0 aliphatic carbocycles. The SMILES string of the molecule is Brc1cccc(CNC2CCCNCC2)c1. The van der Waals surface area contributed by atoms with Gasteiger partial charge in [-0.25, -0.2) is 0 Å². The number of halogens is 1. The molecular formula is C13H19BrN2. The molecule has 16 heavy (non-hydrogen) atoms. The molecular weight excluding hydrogens is 264 g/mol. The summed E-state index contributed by atoms with van der Waals surface area (Å²) < 4.78 is 1.16. The maximum atomic E-state index is 3.64. The lowest BCUT2D eigenvalue weighted by Crippen LogP contribution is -2.29. The molecule has 0 bridgehead atoms. The molecule has 1 unspecified atom stereocenters. The first-order valence-corrected chi connectivity index (χ1v) is 6.82. The van der Waals surface area contributed by atoms with Crippen LogP contribution in [0.5, 0.6) is 0 Å². The zero-order chi connectivity index (χ0) is 11.2. The van der Waals surface area contributed by atoms with Crippen molar-refractivity contribution in [3.8, 4) is 0 Å². The lowest BCUT2D eigenvalue weighted by Gasteiger charge is -2.15. The highest BCUT2D eigenvalue weighted by atomic mass is 79.9. The largest absolute Gasteiger partial charge is 0.317 e. The average Bonchev–Trinajstić information content (AvgIpc) is 2.55. The summed E-state index contributed by atoms with van der Waals surface area (Å²) in [4.78, 5) is 0. The summed E-state index contributed by atoms with van der Waals surface area (Å²) >= 11 is 3.50. The van der Waals surface area contributed by atoms with Crippen LogP contribution in [0.2, 0.25) is 0 Å². The predicted octanol–water partition coefficient (Wildman–Crippen LogP) is 2.68. The van der Waals surface area contributed by atoms with E-state index >= 15 is 0 Å². The van der Waals surface area contributed by atoms with Gasteiger partial charge in [-0.2, -0.15) is 0 Å². The molecule has 1 heterocycles. The van der Waals surface area contributed by atoms with Crippen LogP contribution in [0.1, 0.15) is 24.8 Å². The van der Waals surface area contributed by atoms with Crippen LogP contribution < -0.4 is 10.6 Å². The quantitative estimate of drug-likeness (QED) is 0.891. The van der Waals surface area contributed by atoms with E-state index in [9.17, 15) is 0 Å². The molecule has 2 nitrogen and oxygen atoms in total. The fourth-order valence-electron chi connectivity index (χ4n) is 2.13. The summed E-state index contributed by atoms with van der Waals surface area (Å²) in [5, 5.41) is 7.08. The van der Waals surface area contributed by atoms with Gasteiger partial charge in [-0.15, -0.1) is 0 Å². The Morgan fingerprint density at radius 2 is 2.25 bits per heavy atom. The van der Waals surface area contributed by atoms with Gasteiger partial charge >= 0.3 is 0 Å². The average molecular weight is 283 g/mol. The molecule has 1 aromatic carbocycles. The van der Waals surface area contributed by atoms with E-state index in [1.165, 1.54) is 31.4 Å². The Bertz CT molecular complexity index is 319. The van der Waals surface area contributed by atoms with Crippen molar-refractivity contribution in [2.45, 2.75) is 31.8 Å². The van der Waals surface area contributed by atoms with Gasteiger partial charge in [0, 0.05) is 17.1 Å². The first kappa shape index (κ1) is 12.1. The van der Waals surface area contributed by atoms with Crippen molar-refractivity contribution in [2.24, 2.45) is 0 Å². The Kier molecular flexibility index (Phi) is 4.82. The van der Waals surface area contributed by atoms with Gasteiger partial charge in [0.05, 0.1) is 0 Å². The molecule has 3 heteroatoms. The van der Waals surface area contributed by atoms with E-state index in [0.717, 1.165) is 17.6 Å². The van der Waals surface area contributed by atoms with Gasteiger partial charge in [-0.3, -0.25) is 0 Å². The third-order valence-corrected chi connectivity index (χ3v) is 3.55. The maximum absolute atomic E-state index is 3.64. The van der Waals surface area contributed by atoms with Gasteiger partial charge in [-0.05, 0) is 50.0 Å². The second-order valence-electron chi connectivity index (χ2n) is 4.39. The van der Waals surface area contributed by atoms with Crippen LogP contribution in [0.25, 0.3) is 0 Å². The molecule has 1 saturated heterocycles. The third-order valence-electron chi connectivity index (χ3n) is 3.06. The third kappa shape index (κ3) is 3.89. The van der Waals surface area contributed by atoms with Crippen LogP contribution in [0.3, 0.4) is 0 Å². The fraction of sp³-hybridized carbons (Fsp3) is 0.538. The number of rotatable bonds is 3. The lowest BCUT2D eigenvalue weighted by molar-refractivity contribution is 0.468. The van der Waals surface area contributed by atoms with E-state index in [1.807, 2.05) is 0 Å². The van der Waals surface area contributed by atoms with E-state index in [1.54, 1.807) is 0 Å². The summed E-state index contributed by atoms with van der Waals surface area (Å²) in [7, 11) is 0. The van der Waals surface area contributed by atoms with E-state index in [4.69, 9.17) is 0 Å². The first-order valence-electron chi connectivity index (χ1n) is 6.03. The molecule has 1 atom stereocenters. The Labute approximate surface area is 106 Å². The van der Waals surface area contributed by atoms with Gasteiger partial charge in [0.25, 0.3) is 0 Å². The Morgan fingerprint density at radius 1 is 1.31 bits per heavy atom. The normalized spacial score (nSPS) is 21.7. The van der Waals surface area contributed by atoms with Gasteiger partial charge in [0.1, 0.15) is 0 Å². The summed E-state index contributed by atoms with van der Waals surface area (Å²) in [5.41, 5.74) is 1.35. The van der Waals surface area contributed by atoms with Gasteiger partial charge in [0.15, 0.2) is 0 Å². The van der Waals surface area contributed by atoms with Gasteiger partial charge in [-0.1, -0.05) is 28.1 Å². The predicted molar refractivity (Wildman–Crippen MR) is 71.5 cm³/mol. The Morgan fingerprint density at radius 3 is 3.12 bits per heavy atom. The van der Waals surface area contributed by atoms with E-state index < -0.39 is 0 Å². The van der Waals surface area contributed by atoms with E-state index in [0.29, 0.717) is 6.04 Å². The maximum Gasteiger partial charge on any atom is 0.0208 e. The smallest absolute Gasteiger partial charge is 0.0208 e.